The number of amides is 1. The lowest BCUT2D eigenvalue weighted by atomic mass is 10.1. The standard InChI is InChI=1S/C13H15FN2O3/c14-12-6-5-10(16(18)19)9-11(12)13(17)15-7-3-1-2-4-8-15/h5-6,9H,1-4,7-8H2. The molecule has 0 radical (unpaired) electrons. The Labute approximate surface area is 110 Å². The summed E-state index contributed by atoms with van der Waals surface area (Å²) in [7, 11) is 0. The third-order valence-electron chi connectivity index (χ3n) is 3.28. The van der Waals surface area contributed by atoms with Crippen LogP contribution < -0.4 is 0 Å². The predicted molar refractivity (Wildman–Crippen MR) is 67.4 cm³/mol. The van der Waals surface area contributed by atoms with E-state index < -0.39 is 16.6 Å². The van der Waals surface area contributed by atoms with Crippen molar-refractivity contribution in [2.75, 3.05) is 13.1 Å². The summed E-state index contributed by atoms with van der Waals surface area (Å²) in [4.78, 5) is 23.8. The van der Waals surface area contributed by atoms with Crippen LogP contribution in [0.5, 0.6) is 0 Å². The minimum Gasteiger partial charge on any atom is -0.339 e. The summed E-state index contributed by atoms with van der Waals surface area (Å²) in [6.45, 7) is 1.17. The first-order valence-electron chi connectivity index (χ1n) is 6.33. The molecule has 5 nitrogen and oxygen atoms in total. The van der Waals surface area contributed by atoms with E-state index in [1.54, 1.807) is 4.90 Å². The largest absolute Gasteiger partial charge is 0.339 e. The third kappa shape index (κ3) is 3.07. The fourth-order valence-electron chi connectivity index (χ4n) is 2.23. The maximum Gasteiger partial charge on any atom is 0.270 e. The molecular formula is C13H15FN2O3. The van der Waals surface area contributed by atoms with E-state index in [0.717, 1.165) is 43.9 Å². The summed E-state index contributed by atoms with van der Waals surface area (Å²) < 4.78 is 13.7. The van der Waals surface area contributed by atoms with Crippen molar-refractivity contribution < 1.29 is 14.1 Å². The van der Waals surface area contributed by atoms with E-state index in [2.05, 4.69) is 0 Å². The van der Waals surface area contributed by atoms with Crippen LogP contribution in [0.1, 0.15) is 36.0 Å². The summed E-state index contributed by atoms with van der Waals surface area (Å²) in [5.74, 6) is -1.16. The first-order valence-corrected chi connectivity index (χ1v) is 6.33. The van der Waals surface area contributed by atoms with E-state index >= 15 is 0 Å². The number of carbonyl (C=O) groups is 1. The number of rotatable bonds is 2. The molecule has 1 saturated heterocycles. The molecule has 0 unspecified atom stereocenters. The lowest BCUT2D eigenvalue weighted by molar-refractivity contribution is -0.384. The molecule has 1 aliphatic heterocycles. The molecule has 0 saturated carbocycles. The van der Waals surface area contributed by atoms with E-state index in [1.807, 2.05) is 0 Å². The van der Waals surface area contributed by atoms with Crippen LogP contribution in [-0.2, 0) is 0 Å². The van der Waals surface area contributed by atoms with Crippen molar-refractivity contribution in [1.82, 2.24) is 4.90 Å². The lowest BCUT2D eigenvalue weighted by Crippen LogP contribution is -2.32. The van der Waals surface area contributed by atoms with Crippen LogP contribution in [0.15, 0.2) is 18.2 Å². The number of hydrogen-bond donors (Lipinski definition) is 0. The topological polar surface area (TPSA) is 63.4 Å². The second-order valence-electron chi connectivity index (χ2n) is 4.63. The Morgan fingerprint density at radius 3 is 2.42 bits per heavy atom. The third-order valence-corrected chi connectivity index (χ3v) is 3.28. The summed E-state index contributed by atoms with van der Waals surface area (Å²) in [5, 5.41) is 10.7. The van der Waals surface area contributed by atoms with Gasteiger partial charge in [0.05, 0.1) is 10.5 Å². The molecule has 6 heteroatoms. The van der Waals surface area contributed by atoms with E-state index in [4.69, 9.17) is 0 Å². The minimum absolute atomic E-state index is 0.212. The van der Waals surface area contributed by atoms with E-state index in [-0.39, 0.29) is 11.3 Å². The summed E-state index contributed by atoms with van der Waals surface area (Å²) in [6.07, 6.45) is 3.90. The quantitative estimate of drug-likeness (QED) is 0.610. The number of hydrogen-bond acceptors (Lipinski definition) is 3. The van der Waals surface area contributed by atoms with Crippen molar-refractivity contribution in [2.24, 2.45) is 0 Å². The molecule has 0 bridgehead atoms. The Morgan fingerprint density at radius 1 is 1.21 bits per heavy atom. The number of nitrogens with zero attached hydrogens (tertiary/aromatic N) is 2. The van der Waals surface area contributed by atoms with Gasteiger partial charge in [0.25, 0.3) is 11.6 Å². The molecule has 0 aliphatic carbocycles. The van der Waals surface area contributed by atoms with Crippen LogP contribution in [0.2, 0.25) is 0 Å². The van der Waals surface area contributed by atoms with Crippen LogP contribution in [0.3, 0.4) is 0 Å². The highest BCUT2D eigenvalue weighted by molar-refractivity contribution is 5.95. The molecule has 2 rings (SSSR count). The van der Waals surface area contributed by atoms with Crippen molar-refractivity contribution in [1.29, 1.82) is 0 Å². The van der Waals surface area contributed by atoms with Crippen molar-refractivity contribution in [2.45, 2.75) is 25.7 Å². The zero-order valence-electron chi connectivity index (χ0n) is 10.5. The van der Waals surface area contributed by atoms with Crippen molar-refractivity contribution in [3.8, 4) is 0 Å². The van der Waals surface area contributed by atoms with Crippen LogP contribution in [0, 0.1) is 15.9 Å². The lowest BCUT2D eigenvalue weighted by Gasteiger charge is -2.20. The molecule has 102 valence electrons. The molecule has 1 fully saturated rings. The first kappa shape index (κ1) is 13.5. The molecule has 19 heavy (non-hydrogen) atoms. The average molecular weight is 266 g/mol. The van der Waals surface area contributed by atoms with Gasteiger partial charge in [-0.15, -0.1) is 0 Å². The second kappa shape index (κ2) is 5.77. The minimum atomic E-state index is -0.708. The van der Waals surface area contributed by atoms with Gasteiger partial charge in [-0.25, -0.2) is 4.39 Å². The second-order valence-corrected chi connectivity index (χ2v) is 4.63. The molecular weight excluding hydrogens is 251 g/mol. The molecule has 1 heterocycles. The number of non-ortho nitro benzene ring substituents is 1. The van der Waals surface area contributed by atoms with Gasteiger partial charge in [0.2, 0.25) is 0 Å². The number of nitro groups is 1. The van der Waals surface area contributed by atoms with Gasteiger partial charge in [-0.05, 0) is 18.9 Å². The van der Waals surface area contributed by atoms with Gasteiger partial charge in [0.1, 0.15) is 5.82 Å². The Kier molecular flexibility index (Phi) is 4.09. The van der Waals surface area contributed by atoms with E-state index in [1.165, 1.54) is 0 Å². The van der Waals surface area contributed by atoms with Crippen LogP contribution in [-0.4, -0.2) is 28.8 Å². The zero-order chi connectivity index (χ0) is 13.8. The summed E-state index contributed by atoms with van der Waals surface area (Å²) in [6, 6.07) is 3.06. The van der Waals surface area contributed by atoms with Crippen LogP contribution >= 0.6 is 0 Å². The van der Waals surface area contributed by atoms with E-state index in [0.29, 0.717) is 13.1 Å². The van der Waals surface area contributed by atoms with E-state index in [9.17, 15) is 19.3 Å². The Morgan fingerprint density at radius 2 is 1.84 bits per heavy atom. The van der Waals surface area contributed by atoms with Gasteiger partial charge < -0.3 is 4.90 Å². The number of benzene rings is 1. The van der Waals surface area contributed by atoms with Gasteiger partial charge >= 0.3 is 0 Å². The van der Waals surface area contributed by atoms with Crippen molar-refractivity contribution >= 4 is 11.6 Å². The fourth-order valence-corrected chi connectivity index (χ4v) is 2.23. The van der Waals surface area contributed by atoms with Gasteiger partial charge in [-0.1, -0.05) is 12.8 Å². The first-order chi connectivity index (χ1) is 9.09. The highest BCUT2D eigenvalue weighted by atomic mass is 19.1. The van der Waals surface area contributed by atoms with Gasteiger partial charge in [-0.2, -0.15) is 0 Å². The van der Waals surface area contributed by atoms with Crippen LogP contribution in [0.25, 0.3) is 0 Å². The average Bonchev–Trinajstić information content (AvgIpc) is 2.67. The molecule has 0 aromatic heterocycles. The highest BCUT2D eigenvalue weighted by Gasteiger charge is 2.22. The molecule has 1 aromatic carbocycles. The van der Waals surface area contributed by atoms with Crippen molar-refractivity contribution in [3.63, 3.8) is 0 Å². The zero-order valence-corrected chi connectivity index (χ0v) is 10.5. The number of nitro benzene ring substituents is 1. The molecule has 1 amide bonds. The molecule has 1 aromatic rings. The fraction of sp³-hybridized carbons (Fsp3) is 0.462. The van der Waals surface area contributed by atoms with Crippen LogP contribution in [0.4, 0.5) is 10.1 Å². The summed E-state index contributed by atoms with van der Waals surface area (Å²) >= 11 is 0. The SMILES string of the molecule is O=C(c1cc([N+](=O)[O-])ccc1F)N1CCCCCC1. The predicted octanol–water partition coefficient (Wildman–Crippen LogP) is 2.75. The molecule has 0 spiro atoms. The number of carbonyl (C=O) groups excluding carboxylic acids is 1. The monoisotopic (exact) mass is 266 g/mol. The Balaban J connectivity index is 2.26. The highest BCUT2D eigenvalue weighted by Crippen LogP contribution is 2.20. The van der Waals surface area contributed by atoms with Crippen molar-refractivity contribution in [3.05, 3.63) is 39.7 Å². The maximum atomic E-state index is 13.7. The smallest absolute Gasteiger partial charge is 0.270 e. The molecule has 1 aliphatic rings. The van der Waals surface area contributed by atoms with Gasteiger partial charge in [-0.3, -0.25) is 14.9 Å². The number of halogens is 1. The molecule has 0 atom stereocenters. The Bertz CT molecular complexity index is 497. The normalized spacial score (nSPS) is 15.9. The number of likely N-dealkylation sites (tertiary alicyclic amines) is 1. The Hall–Kier alpha value is -1.98. The van der Waals surface area contributed by atoms with Gasteiger partial charge in [0.15, 0.2) is 0 Å². The maximum absolute atomic E-state index is 13.7. The summed E-state index contributed by atoms with van der Waals surface area (Å²) in [5.41, 5.74) is -0.476. The molecule has 0 N–H and O–H groups in total. The van der Waals surface area contributed by atoms with Gasteiger partial charge in [0, 0.05) is 25.2 Å².